The molecule has 6 nitrogen and oxygen atoms in total. The fourth-order valence-corrected chi connectivity index (χ4v) is 5.38. The molecule has 0 aromatic heterocycles. The standard InChI is InChI=1S/C19H18N2O4S/c1-13-6-2-5-9-17(13)26(24,25)20-11-10-14(12-20)21-18(22)15-7-3-4-8-16(15)19(21)23/h2-9,14H,10-12H2,1H3. The summed E-state index contributed by atoms with van der Waals surface area (Å²) in [5.41, 5.74) is 1.45. The molecule has 1 saturated heterocycles. The largest absolute Gasteiger partial charge is 0.270 e. The first-order valence-corrected chi connectivity index (χ1v) is 9.88. The second-order valence-corrected chi connectivity index (χ2v) is 8.50. The fourth-order valence-electron chi connectivity index (χ4n) is 3.66. The van der Waals surface area contributed by atoms with Gasteiger partial charge in [-0.05, 0) is 37.1 Å². The van der Waals surface area contributed by atoms with E-state index in [0.29, 0.717) is 23.1 Å². The normalized spacial score (nSPS) is 20.7. The number of hydrogen-bond donors (Lipinski definition) is 0. The Morgan fingerprint density at radius 1 is 0.923 bits per heavy atom. The van der Waals surface area contributed by atoms with Crippen LogP contribution in [0.15, 0.2) is 53.4 Å². The minimum absolute atomic E-state index is 0.127. The Morgan fingerprint density at radius 3 is 2.12 bits per heavy atom. The van der Waals surface area contributed by atoms with E-state index in [1.54, 1.807) is 55.5 Å². The van der Waals surface area contributed by atoms with Gasteiger partial charge >= 0.3 is 0 Å². The summed E-state index contributed by atoms with van der Waals surface area (Å²) in [6.07, 6.45) is 0.441. The van der Waals surface area contributed by atoms with E-state index in [9.17, 15) is 18.0 Å². The molecule has 1 unspecified atom stereocenters. The summed E-state index contributed by atoms with van der Waals surface area (Å²) in [6.45, 7) is 2.17. The van der Waals surface area contributed by atoms with Crippen LogP contribution in [0.25, 0.3) is 0 Å². The van der Waals surface area contributed by atoms with Crippen LogP contribution >= 0.6 is 0 Å². The van der Waals surface area contributed by atoms with Gasteiger partial charge in [-0.15, -0.1) is 0 Å². The topological polar surface area (TPSA) is 74.8 Å². The fraction of sp³-hybridized carbons (Fsp3) is 0.263. The molecule has 2 aromatic carbocycles. The van der Waals surface area contributed by atoms with Crippen LogP contribution in [0, 0.1) is 6.92 Å². The summed E-state index contributed by atoms with van der Waals surface area (Å²) in [7, 11) is -3.65. The van der Waals surface area contributed by atoms with Gasteiger partial charge in [0.05, 0.1) is 22.1 Å². The van der Waals surface area contributed by atoms with Crippen LogP contribution in [-0.2, 0) is 10.0 Å². The molecule has 26 heavy (non-hydrogen) atoms. The molecular weight excluding hydrogens is 352 g/mol. The number of sulfonamides is 1. The van der Waals surface area contributed by atoms with E-state index in [0.717, 1.165) is 0 Å². The van der Waals surface area contributed by atoms with Gasteiger partial charge in [-0.1, -0.05) is 30.3 Å². The van der Waals surface area contributed by atoms with E-state index in [1.165, 1.54) is 9.21 Å². The van der Waals surface area contributed by atoms with Gasteiger partial charge in [0.1, 0.15) is 0 Å². The average molecular weight is 370 g/mol. The van der Waals surface area contributed by atoms with Gasteiger partial charge in [0.25, 0.3) is 11.8 Å². The van der Waals surface area contributed by atoms with Crippen LogP contribution in [-0.4, -0.2) is 48.6 Å². The van der Waals surface area contributed by atoms with Gasteiger partial charge in [-0.25, -0.2) is 8.42 Å². The first-order valence-electron chi connectivity index (χ1n) is 8.44. The molecule has 7 heteroatoms. The number of nitrogens with zero attached hydrogens (tertiary/aromatic N) is 2. The van der Waals surface area contributed by atoms with Gasteiger partial charge < -0.3 is 0 Å². The molecule has 0 N–H and O–H groups in total. The lowest BCUT2D eigenvalue weighted by atomic mass is 10.1. The lowest BCUT2D eigenvalue weighted by molar-refractivity contribution is 0.0593. The number of rotatable bonds is 3. The monoisotopic (exact) mass is 370 g/mol. The summed E-state index contributed by atoms with van der Waals surface area (Å²) < 4.78 is 27.2. The molecule has 1 atom stereocenters. The quantitative estimate of drug-likeness (QED) is 0.775. The summed E-state index contributed by atoms with van der Waals surface area (Å²) in [4.78, 5) is 26.7. The third-order valence-electron chi connectivity index (χ3n) is 5.03. The summed E-state index contributed by atoms with van der Waals surface area (Å²) in [6, 6.07) is 13.1. The zero-order valence-corrected chi connectivity index (χ0v) is 15.1. The smallest absolute Gasteiger partial charge is 0.261 e. The molecule has 2 heterocycles. The van der Waals surface area contributed by atoms with E-state index in [2.05, 4.69) is 0 Å². The first kappa shape index (κ1) is 16.9. The zero-order chi connectivity index (χ0) is 18.5. The van der Waals surface area contributed by atoms with Crippen molar-refractivity contribution in [3.8, 4) is 0 Å². The van der Waals surface area contributed by atoms with Crippen molar-refractivity contribution in [3.63, 3.8) is 0 Å². The number of hydrogen-bond acceptors (Lipinski definition) is 4. The lowest BCUT2D eigenvalue weighted by Crippen LogP contribution is -2.42. The molecule has 2 aliphatic heterocycles. The van der Waals surface area contributed by atoms with Crippen molar-refractivity contribution in [3.05, 3.63) is 65.2 Å². The van der Waals surface area contributed by atoms with Crippen LogP contribution in [0.1, 0.15) is 32.7 Å². The van der Waals surface area contributed by atoms with Crippen molar-refractivity contribution >= 4 is 21.8 Å². The maximum atomic E-state index is 12.9. The highest BCUT2D eigenvalue weighted by Gasteiger charge is 2.44. The van der Waals surface area contributed by atoms with Crippen LogP contribution in [0.5, 0.6) is 0 Å². The molecule has 0 bridgehead atoms. The molecule has 0 spiro atoms. The molecule has 1 fully saturated rings. The van der Waals surface area contributed by atoms with Gasteiger partial charge in [-0.3, -0.25) is 14.5 Å². The minimum Gasteiger partial charge on any atom is -0.270 e. The number of fused-ring (bicyclic) bond motifs is 1. The van der Waals surface area contributed by atoms with Crippen molar-refractivity contribution in [2.45, 2.75) is 24.3 Å². The number of carbonyl (C=O) groups excluding carboxylic acids is 2. The maximum Gasteiger partial charge on any atom is 0.261 e. The van der Waals surface area contributed by atoms with Crippen LogP contribution in [0.3, 0.4) is 0 Å². The van der Waals surface area contributed by atoms with Gasteiger partial charge in [0.15, 0.2) is 0 Å². The Balaban J connectivity index is 1.60. The average Bonchev–Trinajstić information content (AvgIpc) is 3.20. The number of amides is 2. The van der Waals surface area contributed by atoms with Crippen molar-refractivity contribution in [1.82, 2.24) is 9.21 Å². The van der Waals surface area contributed by atoms with Crippen molar-refractivity contribution in [1.29, 1.82) is 0 Å². The number of benzene rings is 2. The predicted molar refractivity (Wildman–Crippen MR) is 95.3 cm³/mol. The predicted octanol–water partition coefficient (Wildman–Crippen LogP) is 2.05. The summed E-state index contributed by atoms with van der Waals surface area (Å²) >= 11 is 0. The lowest BCUT2D eigenvalue weighted by Gasteiger charge is -2.23. The highest BCUT2D eigenvalue weighted by molar-refractivity contribution is 7.89. The van der Waals surface area contributed by atoms with Gasteiger partial charge in [0.2, 0.25) is 10.0 Å². The van der Waals surface area contributed by atoms with E-state index >= 15 is 0 Å². The molecule has 0 radical (unpaired) electrons. The molecule has 0 aliphatic carbocycles. The molecular formula is C19H18N2O4S. The third kappa shape index (κ3) is 2.47. The Kier molecular flexibility index (Phi) is 3.93. The molecule has 2 aliphatic rings. The molecule has 4 rings (SSSR count). The minimum atomic E-state index is -3.65. The van der Waals surface area contributed by atoms with Crippen molar-refractivity contribution < 1.29 is 18.0 Å². The first-order chi connectivity index (χ1) is 12.4. The Labute approximate surface area is 152 Å². The zero-order valence-electron chi connectivity index (χ0n) is 14.3. The van der Waals surface area contributed by atoms with E-state index in [1.807, 2.05) is 0 Å². The highest BCUT2D eigenvalue weighted by Crippen LogP contribution is 2.30. The van der Waals surface area contributed by atoms with E-state index in [4.69, 9.17) is 0 Å². The van der Waals surface area contributed by atoms with Crippen LogP contribution < -0.4 is 0 Å². The second kappa shape index (κ2) is 6.03. The van der Waals surface area contributed by atoms with E-state index < -0.39 is 16.1 Å². The molecule has 2 aromatic rings. The summed E-state index contributed by atoms with van der Waals surface area (Å²) in [5.74, 6) is -0.684. The Bertz CT molecular complexity index is 981. The van der Waals surface area contributed by atoms with Gasteiger partial charge in [-0.2, -0.15) is 4.31 Å². The number of imide groups is 1. The second-order valence-electron chi connectivity index (χ2n) is 6.60. The SMILES string of the molecule is Cc1ccccc1S(=O)(=O)N1CCC(N2C(=O)c3ccccc3C2=O)C1. The van der Waals surface area contributed by atoms with Crippen LogP contribution in [0.2, 0.25) is 0 Å². The Morgan fingerprint density at radius 2 is 1.50 bits per heavy atom. The number of carbonyl (C=O) groups is 2. The third-order valence-corrected chi connectivity index (χ3v) is 7.05. The van der Waals surface area contributed by atoms with Gasteiger partial charge in [0, 0.05) is 13.1 Å². The number of aryl methyl sites for hydroxylation is 1. The van der Waals surface area contributed by atoms with Crippen molar-refractivity contribution in [2.75, 3.05) is 13.1 Å². The van der Waals surface area contributed by atoms with E-state index in [-0.39, 0.29) is 29.8 Å². The maximum absolute atomic E-state index is 12.9. The van der Waals surface area contributed by atoms with Crippen molar-refractivity contribution in [2.24, 2.45) is 0 Å². The molecule has 0 saturated carbocycles. The van der Waals surface area contributed by atoms with Crippen LogP contribution in [0.4, 0.5) is 0 Å². The molecule has 134 valence electrons. The molecule has 2 amide bonds. The highest BCUT2D eigenvalue weighted by atomic mass is 32.2. The summed E-state index contributed by atoms with van der Waals surface area (Å²) in [5, 5.41) is 0. The Hall–Kier alpha value is -2.51.